The van der Waals surface area contributed by atoms with E-state index in [1.54, 1.807) is 13.8 Å². The molecule has 0 unspecified atom stereocenters. The Morgan fingerprint density at radius 3 is 2.54 bits per heavy atom. The molecule has 1 rings (SSSR count). The molecular weight excluding hydrogens is 168 g/mol. The summed E-state index contributed by atoms with van der Waals surface area (Å²) in [5, 5.41) is 19.0. The van der Waals surface area contributed by atoms with Gasteiger partial charge in [-0.2, -0.15) is 0 Å². The van der Waals surface area contributed by atoms with Gasteiger partial charge in [-0.15, -0.1) is 0 Å². The second-order valence-corrected chi connectivity index (χ2v) is 2.92. The number of benzene rings is 1. The minimum Gasteiger partial charge on any atom is -0.508 e. The maximum Gasteiger partial charge on any atom is 0.154 e. The summed E-state index contributed by atoms with van der Waals surface area (Å²) in [6.07, 6.45) is 1.10. The van der Waals surface area contributed by atoms with E-state index in [9.17, 15) is 15.0 Å². The minimum atomic E-state index is -0.102. The summed E-state index contributed by atoms with van der Waals surface area (Å²) in [5.74, 6) is -0.0573. The Morgan fingerprint density at radius 2 is 2.08 bits per heavy atom. The molecule has 3 heteroatoms. The zero-order valence-corrected chi connectivity index (χ0v) is 7.66. The van der Waals surface area contributed by atoms with Crippen molar-refractivity contribution >= 4 is 6.29 Å². The van der Waals surface area contributed by atoms with Crippen LogP contribution in [0.3, 0.4) is 0 Å². The summed E-state index contributed by atoms with van der Waals surface area (Å²) in [7, 11) is 0. The van der Waals surface area contributed by atoms with Gasteiger partial charge in [-0.1, -0.05) is 6.92 Å². The van der Waals surface area contributed by atoms with Gasteiger partial charge in [0.15, 0.2) is 6.29 Å². The third-order valence-electron chi connectivity index (χ3n) is 2.10. The number of phenols is 2. The summed E-state index contributed by atoms with van der Waals surface area (Å²) >= 11 is 0. The van der Waals surface area contributed by atoms with Crippen LogP contribution >= 0.6 is 0 Å². The lowest BCUT2D eigenvalue weighted by atomic mass is 10.0. The number of carbonyl (C=O) groups is 1. The lowest BCUT2D eigenvalue weighted by Crippen LogP contribution is -1.93. The van der Waals surface area contributed by atoms with E-state index < -0.39 is 0 Å². The third-order valence-corrected chi connectivity index (χ3v) is 2.10. The van der Waals surface area contributed by atoms with Gasteiger partial charge in [0, 0.05) is 5.56 Å². The molecule has 0 aliphatic heterocycles. The maximum atomic E-state index is 10.6. The number of hydrogen-bond acceptors (Lipinski definition) is 3. The van der Waals surface area contributed by atoms with Crippen LogP contribution in [0.5, 0.6) is 11.5 Å². The molecule has 0 heterocycles. The van der Waals surface area contributed by atoms with Gasteiger partial charge in [-0.25, -0.2) is 0 Å². The van der Waals surface area contributed by atoms with Crippen molar-refractivity contribution in [1.82, 2.24) is 0 Å². The molecule has 0 aromatic heterocycles. The van der Waals surface area contributed by atoms with Crippen molar-refractivity contribution in [3.8, 4) is 11.5 Å². The van der Waals surface area contributed by atoms with Crippen molar-refractivity contribution in [2.75, 3.05) is 0 Å². The molecule has 0 saturated carbocycles. The van der Waals surface area contributed by atoms with Crippen LogP contribution in [0, 0.1) is 6.92 Å². The number of rotatable bonds is 2. The van der Waals surface area contributed by atoms with Gasteiger partial charge in [-0.3, -0.25) is 4.79 Å². The number of hydrogen-bond donors (Lipinski definition) is 2. The predicted molar refractivity (Wildman–Crippen MR) is 49.3 cm³/mol. The Hall–Kier alpha value is -1.51. The van der Waals surface area contributed by atoms with Crippen LogP contribution in [0.4, 0.5) is 0 Å². The molecule has 70 valence electrons. The van der Waals surface area contributed by atoms with Crippen molar-refractivity contribution in [1.29, 1.82) is 0 Å². The molecule has 1 aromatic carbocycles. The zero-order chi connectivity index (χ0) is 10.0. The topological polar surface area (TPSA) is 57.5 Å². The molecule has 0 atom stereocenters. The SMILES string of the molecule is CCc1c(O)cc(C)c(C=O)c1O. The van der Waals surface area contributed by atoms with Crippen LogP contribution in [0.2, 0.25) is 0 Å². The summed E-state index contributed by atoms with van der Waals surface area (Å²) in [5.41, 5.74) is 1.27. The van der Waals surface area contributed by atoms with E-state index in [4.69, 9.17) is 0 Å². The van der Waals surface area contributed by atoms with Gasteiger partial charge in [0.25, 0.3) is 0 Å². The molecular formula is C10H12O3. The first-order valence-corrected chi connectivity index (χ1v) is 4.11. The van der Waals surface area contributed by atoms with Crippen molar-refractivity contribution in [2.45, 2.75) is 20.3 Å². The number of aldehydes is 1. The van der Waals surface area contributed by atoms with Crippen molar-refractivity contribution in [3.05, 3.63) is 22.8 Å². The van der Waals surface area contributed by atoms with Crippen molar-refractivity contribution < 1.29 is 15.0 Å². The maximum absolute atomic E-state index is 10.6. The van der Waals surface area contributed by atoms with Gasteiger partial charge in [0.05, 0.1) is 5.56 Å². The van der Waals surface area contributed by atoms with Gasteiger partial charge >= 0.3 is 0 Å². The smallest absolute Gasteiger partial charge is 0.154 e. The second-order valence-electron chi connectivity index (χ2n) is 2.92. The highest BCUT2D eigenvalue weighted by Crippen LogP contribution is 2.32. The predicted octanol–water partition coefficient (Wildman–Crippen LogP) is 1.78. The van der Waals surface area contributed by atoms with Gasteiger partial charge in [0.1, 0.15) is 11.5 Å². The molecule has 13 heavy (non-hydrogen) atoms. The number of carbonyl (C=O) groups excluding carboxylic acids is 1. The van der Waals surface area contributed by atoms with E-state index in [1.807, 2.05) is 0 Å². The lowest BCUT2D eigenvalue weighted by molar-refractivity contribution is 0.112. The fourth-order valence-corrected chi connectivity index (χ4v) is 1.34. The van der Waals surface area contributed by atoms with Crippen LogP contribution in [-0.4, -0.2) is 16.5 Å². The van der Waals surface area contributed by atoms with Gasteiger partial charge < -0.3 is 10.2 Å². The molecule has 0 spiro atoms. The number of aryl methyl sites for hydroxylation is 1. The van der Waals surface area contributed by atoms with Crippen LogP contribution in [0.15, 0.2) is 6.07 Å². The van der Waals surface area contributed by atoms with Gasteiger partial charge in [0.2, 0.25) is 0 Å². The fraction of sp³-hybridized carbons (Fsp3) is 0.300. The normalized spacial score (nSPS) is 10.0. The van der Waals surface area contributed by atoms with Crippen molar-refractivity contribution in [2.24, 2.45) is 0 Å². The minimum absolute atomic E-state index is 0.0445. The second kappa shape index (κ2) is 3.47. The average molecular weight is 180 g/mol. The molecule has 3 nitrogen and oxygen atoms in total. The highest BCUT2D eigenvalue weighted by Gasteiger charge is 2.12. The number of aromatic hydroxyl groups is 2. The van der Waals surface area contributed by atoms with E-state index in [0.29, 0.717) is 23.8 Å². The first kappa shape index (κ1) is 9.58. The summed E-state index contributed by atoms with van der Waals surface area (Å²) in [6, 6.07) is 1.49. The van der Waals surface area contributed by atoms with E-state index >= 15 is 0 Å². The van der Waals surface area contributed by atoms with E-state index in [1.165, 1.54) is 6.07 Å². The molecule has 1 aromatic rings. The quantitative estimate of drug-likeness (QED) is 0.682. The highest BCUT2D eigenvalue weighted by atomic mass is 16.3. The average Bonchev–Trinajstić information content (AvgIpc) is 2.04. The van der Waals surface area contributed by atoms with Crippen molar-refractivity contribution in [3.63, 3.8) is 0 Å². The Balaban J connectivity index is 3.47. The number of phenolic OH excluding ortho intramolecular Hbond substituents is 2. The summed E-state index contributed by atoms with van der Waals surface area (Å²) in [4.78, 5) is 10.6. The fourth-order valence-electron chi connectivity index (χ4n) is 1.34. The summed E-state index contributed by atoms with van der Waals surface area (Å²) in [6.45, 7) is 3.47. The molecule has 2 N–H and O–H groups in total. The first-order valence-electron chi connectivity index (χ1n) is 4.11. The zero-order valence-electron chi connectivity index (χ0n) is 7.66. The Bertz CT molecular complexity index is 343. The van der Waals surface area contributed by atoms with E-state index in [2.05, 4.69) is 0 Å². The highest BCUT2D eigenvalue weighted by molar-refractivity contribution is 5.83. The Kier molecular flexibility index (Phi) is 2.56. The molecule has 0 saturated heterocycles. The first-order chi connectivity index (χ1) is 6.11. The van der Waals surface area contributed by atoms with Gasteiger partial charge in [-0.05, 0) is 25.0 Å². The molecule has 0 aliphatic carbocycles. The molecule has 0 amide bonds. The monoisotopic (exact) mass is 180 g/mol. The molecule has 0 aliphatic rings. The Labute approximate surface area is 76.6 Å². The van der Waals surface area contributed by atoms with Crippen LogP contribution in [0.1, 0.15) is 28.4 Å². The lowest BCUT2D eigenvalue weighted by Gasteiger charge is -2.09. The molecule has 0 radical (unpaired) electrons. The third kappa shape index (κ3) is 1.49. The summed E-state index contributed by atoms with van der Waals surface area (Å²) < 4.78 is 0. The van der Waals surface area contributed by atoms with E-state index in [0.717, 1.165) is 0 Å². The van der Waals surface area contributed by atoms with Crippen LogP contribution in [-0.2, 0) is 6.42 Å². The molecule has 0 fully saturated rings. The Morgan fingerprint density at radius 1 is 1.46 bits per heavy atom. The largest absolute Gasteiger partial charge is 0.508 e. The molecule has 0 bridgehead atoms. The standard InChI is InChI=1S/C10H12O3/c1-3-7-9(12)4-6(2)8(5-11)10(7)13/h4-5,12-13H,3H2,1-2H3. The van der Waals surface area contributed by atoms with Crippen LogP contribution in [0.25, 0.3) is 0 Å². The van der Waals surface area contributed by atoms with Crippen LogP contribution < -0.4 is 0 Å². The van der Waals surface area contributed by atoms with E-state index in [-0.39, 0.29) is 17.1 Å².